The summed E-state index contributed by atoms with van der Waals surface area (Å²) in [5.74, 6) is 1.20. The average molecular weight is 389 g/mol. The molecule has 1 atom stereocenters. The van der Waals surface area contributed by atoms with Gasteiger partial charge in [-0.15, -0.1) is 0 Å². The zero-order valence-corrected chi connectivity index (χ0v) is 15.6. The molecule has 0 aliphatic carbocycles. The summed E-state index contributed by atoms with van der Waals surface area (Å²) in [7, 11) is 0. The standard InChI is InChI=1S/C22H19N3O4/c26-20(13-28-15-9-7-14-8-10-21(27)29-19(14)12-15)25-11-3-6-18(25)22-23-16-4-1-2-5-17(16)24-22/h1-2,4-5,7-10,12,18H,3,6,11,13H2,(H,23,24). The van der Waals surface area contributed by atoms with E-state index in [1.54, 1.807) is 24.3 Å². The molecule has 4 aromatic rings. The number of aromatic amines is 1. The number of aromatic nitrogens is 2. The van der Waals surface area contributed by atoms with Gasteiger partial charge in [-0.1, -0.05) is 12.1 Å². The summed E-state index contributed by atoms with van der Waals surface area (Å²) in [5.41, 5.74) is 1.88. The number of nitrogens with zero attached hydrogens (tertiary/aromatic N) is 2. The molecular formula is C22H19N3O4. The van der Waals surface area contributed by atoms with Gasteiger partial charge >= 0.3 is 5.63 Å². The molecule has 3 heterocycles. The molecule has 2 aromatic heterocycles. The van der Waals surface area contributed by atoms with E-state index in [0.29, 0.717) is 17.9 Å². The quantitative estimate of drug-likeness (QED) is 0.541. The molecule has 146 valence electrons. The van der Waals surface area contributed by atoms with E-state index >= 15 is 0 Å². The van der Waals surface area contributed by atoms with E-state index in [-0.39, 0.29) is 18.6 Å². The molecule has 7 nitrogen and oxygen atoms in total. The van der Waals surface area contributed by atoms with Crippen LogP contribution >= 0.6 is 0 Å². The lowest BCUT2D eigenvalue weighted by Crippen LogP contribution is -2.34. The number of ether oxygens (including phenoxy) is 1. The maximum atomic E-state index is 12.8. The van der Waals surface area contributed by atoms with Crippen LogP contribution in [0.4, 0.5) is 0 Å². The predicted molar refractivity (Wildman–Crippen MR) is 108 cm³/mol. The third-order valence-electron chi connectivity index (χ3n) is 5.25. The molecule has 1 aliphatic heterocycles. The Labute approximate surface area is 165 Å². The fourth-order valence-corrected chi connectivity index (χ4v) is 3.84. The van der Waals surface area contributed by atoms with Crippen molar-refractivity contribution in [2.45, 2.75) is 18.9 Å². The lowest BCUT2D eigenvalue weighted by atomic mass is 10.2. The van der Waals surface area contributed by atoms with Gasteiger partial charge in [-0.25, -0.2) is 9.78 Å². The fourth-order valence-electron chi connectivity index (χ4n) is 3.84. The maximum Gasteiger partial charge on any atom is 0.336 e. The Bertz CT molecular complexity index is 1230. The molecule has 1 saturated heterocycles. The summed E-state index contributed by atoms with van der Waals surface area (Å²) < 4.78 is 10.9. The second-order valence-electron chi connectivity index (χ2n) is 7.13. The summed E-state index contributed by atoms with van der Waals surface area (Å²) in [6.45, 7) is 0.593. The molecule has 1 fully saturated rings. The van der Waals surface area contributed by atoms with Gasteiger partial charge in [0, 0.05) is 24.1 Å². The second-order valence-corrected chi connectivity index (χ2v) is 7.13. The number of hydrogen-bond donors (Lipinski definition) is 1. The highest BCUT2D eigenvalue weighted by molar-refractivity contribution is 5.80. The molecule has 7 heteroatoms. The SMILES string of the molecule is O=C(COc1ccc2ccc(=O)oc2c1)N1CCCC1c1nc2ccccc2[nH]1. The molecule has 1 N–H and O–H groups in total. The predicted octanol–water partition coefficient (Wildman–Crippen LogP) is 3.41. The van der Waals surface area contributed by atoms with E-state index < -0.39 is 5.63 Å². The van der Waals surface area contributed by atoms with Crippen molar-refractivity contribution in [1.82, 2.24) is 14.9 Å². The van der Waals surface area contributed by atoms with E-state index in [9.17, 15) is 9.59 Å². The second kappa shape index (κ2) is 7.09. The Morgan fingerprint density at radius 1 is 1.21 bits per heavy atom. The maximum absolute atomic E-state index is 12.8. The smallest absolute Gasteiger partial charge is 0.336 e. The van der Waals surface area contributed by atoms with E-state index in [1.165, 1.54) is 6.07 Å². The van der Waals surface area contributed by atoms with Crippen LogP contribution in [0.3, 0.4) is 0 Å². The van der Waals surface area contributed by atoms with Crippen molar-refractivity contribution >= 4 is 27.9 Å². The van der Waals surface area contributed by atoms with Gasteiger partial charge in [0.2, 0.25) is 0 Å². The summed E-state index contributed by atoms with van der Waals surface area (Å²) in [4.78, 5) is 34.0. The highest BCUT2D eigenvalue weighted by atomic mass is 16.5. The van der Waals surface area contributed by atoms with Gasteiger partial charge in [-0.2, -0.15) is 0 Å². The highest BCUT2D eigenvalue weighted by Crippen LogP contribution is 2.31. The minimum absolute atomic E-state index is 0.0758. The first kappa shape index (κ1) is 17.5. The molecule has 0 bridgehead atoms. The third kappa shape index (κ3) is 3.35. The van der Waals surface area contributed by atoms with Crippen molar-refractivity contribution in [2.24, 2.45) is 0 Å². The average Bonchev–Trinajstić information content (AvgIpc) is 3.38. The number of para-hydroxylation sites is 2. The van der Waals surface area contributed by atoms with Crippen LogP contribution in [0.1, 0.15) is 24.7 Å². The Hall–Kier alpha value is -3.61. The van der Waals surface area contributed by atoms with E-state index in [4.69, 9.17) is 9.15 Å². The van der Waals surface area contributed by atoms with Gasteiger partial charge in [-0.05, 0) is 43.2 Å². The molecule has 1 amide bonds. The van der Waals surface area contributed by atoms with Crippen LogP contribution in [0.15, 0.2) is 63.8 Å². The first-order valence-corrected chi connectivity index (χ1v) is 9.58. The van der Waals surface area contributed by atoms with Gasteiger partial charge in [0.1, 0.15) is 17.2 Å². The lowest BCUT2D eigenvalue weighted by Gasteiger charge is -2.23. The van der Waals surface area contributed by atoms with Crippen molar-refractivity contribution in [2.75, 3.05) is 13.2 Å². The number of fused-ring (bicyclic) bond motifs is 2. The molecule has 2 aromatic carbocycles. The number of nitrogens with one attached hydrogen (secondary N) is 1. The van der Waals surface area contributed by atoms with Gasteiger partial charge < -0.3 is 19.0 Å². The molecule has 0 saturated carbocycles. The largest absolute Gasteiger partial charge is 0.484 e. The number of benzene rings is 2. The molecule has 1 aliphatic rings. The third-order valence-corrected chi connectivity index (χ3v) is 5.25. The van der Waals surface area contributed by atoms with Crippen LogP contribution in [0.5, 0.6) is 5.75 Å². The Balaban J connectivity index is 1.31. The van der Waals surface area contributed by atoms with Crippen molar-refractivity contribution in [1.29, 1.82) is 0 Å². The number of imidazole rings is 1. The molecule has 5 rings (SSSR count). The van der Waals surface area contributed by atoms with Crippen LogP contribution in [0, 0.1) is 0 Å². The van der Waals surface area contributed by atoms with Crippen LogP contribution in [-0.4, -0.2) is 33.9 Å². The zero-order chi connectivity index (χ0) is 19.8. The Morgan fingerprint density at radius 3 is 2.97 bits per heavy atom. The van der Waals surface area contributed by atoms with Gasteiger partial charge in [0.05, 0.1) is 17.1 Å². The normalized spacial score (nSPS) is 16.6. The number of amides is 1. The van der Waals surface area contributed by atoms with Crippen molar-refractivity contribution < 1.29 is 13.9 Å². The molecule has 29 heavy (non-hydrogen) atoms. The number of rotatable bonds is 4. The topological polar surface area (TPSA) is 88.4 Å². The fraction of sp³-hybridized carbons (Fsp3) is 0.227. The van der Waals surface area contributed by atoms with E-state index in [1.807, 2.05) is 29.2 Å². The van der Waals surface area contributed by atoms with E-state index in [0.717, 1.165) is 35.1 Å². The van der Waals surface area contributed by atoms with Gasteiger partial charge in [-0.3, -0.25) is 4.79 Å². The Kier molecular flexibility index (Phi) is 4.27. The van der Waals surface area contributed by atoms with Crippen LogP contribution < -0.4 is 10.4 Å². The van der Waals surface area contributed by atoms with Crippen molar-refractivity contribution in [3.8, 4) is 5.75 Å². The summed E-state index contributed by atoms with van der Waals surface area (Å²) >= 11 is 0. The first-order chi connectivity index (χ1) is 14.2. The summed E-state index contributed by atoms with van der Waals surface area (Å²) in [5, 5.41) is 0.799. The first-order valence-electron chi connectivity index (χ1n) is 9.58. The number of H-pyrrole nitrogens is 1. The van der Waals surface area contributed by atoms with Crippen molar-refractivity contribution in [3.05, 3.63) is 70.8 Å². The van der Waals surface area contributed by atoms with Crippen LogP contribution in [0.2, 0.25) is 0 Å². The summed E-state index contributed by atoms with van der Waals surface area (Å²) in [6, 6.07) is 16.0. The van der Waals surface area contributed by atoms with Gasteiger partial charge in [0.15, 0.2) is 6.61 Å². The van der Waals surface area contributed by atoms with Crippen LogP contribution in [0.25, 0.3) is 22.0 Å². The molecule has 0 spiro atoms. The molecular weight excluding hydrogens is 370 g/mol. The lowest BCUT2D eigenvalue weighted by molar-refractivity contribution is -0.134. The zero-order valence-electron chi connectivity index (χ0n) is 15.6. The minimum atomic E-state index is -0.420. The number of hydrogen-bond acceptors (Lipinski definition) is 5. The van der Waals surface area contributed by atoms with E-state index in [2.05, 4.69) is 9.97 Å². The minimum Gasteiger partial charge on any atom is -0.484 e. The summed E-state index contributed by atoms with van der Waals surface area (Å²) in [6.07, 6.45) is 1.79. The molecule has 0 radical (unpaired) electrons. The monoisotopic (exact) mass is 389 g/mol. The van der Waals surface area contributed by atoms with Crippen molar-refractivity contribution in [3.63, 3.8) is 0 Å². The molecule has 1 unspecified atom stereocenters. The number of carbonyl (C=O) groups excluding carboxylic acids is 1. The highest BCUT2D eigenvalue weighted by Gasteiger charge is 2.32. The number of likely N-dealkylation sites (tertiary alicyclic amines) is 1. The van der Waals surface area contributed by atoms with Crippen LogP contribution in [-0.2, 0) is 4.79 Å². The number of carbonyl (C=O) groups is 1. The Morgan fingerprint density at radius 2 is 2.07 bits per heavy atom. The van der Waals surface area contributed by atoms with Gasteiger partial charge in [0.25, 0.3) is 5.91 Å².